The zero-order valence-electron chi connectivity index (χ0n) is 13.6. The molecule has 0 aliphatic carbocycles. The smallest absolute Gasteiger partial charge is 0.315 e. The molecular weight excluding hydrogens is 298 g/mol. The number of hydrogen-bond donors (Lipinski definition) is 0. The molecule has 23 heavy (non-hydrogen) atoms. The molecule has 0 radical (unpaired) electrons. The van der Waals surface area contributed by atoms with Gasteiger partial charge in [0.15, 0.2) is 6.29 Å². The maximum Gasteiger partial charge on any atom is 0.315 e. The lowest BCUT2D eigenvalue weighted by Crippen LogP contribution is -2.37. The normalized spacial score (nSPS) is 16.1. The van der Waals surface area contributed by atoms with Gasteiger partial charge in [-0.15, -0.1) is 0 Å². The lowest BCUT2D eigenvalue weighted by Gasteiger charge is -2.30. The van der Waals surface area contributed by atoms with Crippen LogP contribution < -0.4 is 0 Å². The van der Waals surface area contributed by atoms with Crippen molar-refractivity contribution in [2.75, 3.05) is 26.9 Å². The minimum Gasteiger partial charge on any atom is -0.469 e. The summed E-state index contributed by atoms with van der Waals surface area (Å²) in [5, 5.41) is 0. The first-order chi connectivity index (χ1) is 11.1. The predicted molar refractivity (Wildman–Crippen MR) is 83.5 cm³/mol. The molecule has 126 valence electrons. The largest absolute Gasteiger partial charge is 0.469 e. The summed E-state index contributed by atoms with van der Waals surface area (Å²) in [7, 11) is 1.28. The Morgan fingerprint density at radius 1 is 1.26 bits per heavy atom. The van der Waals surface area contributed by atoms with Crippen LogP contribution in [0.4, 0.5) is 0 Å². The number of rotatable bonds is 7. The predicted octanol–water partition coefficient (Wildman–Crippen LogP) is 1.90. The number of amides is 1. The van der Waals surface area contributed by atoms with Gasteiger partial charge < -0.3 is 19.1 Å². The molecule has 1 heterocycles. The summed E-state index contributed by atoms with van der Waals surface area (Å²) in [6.07, 6.45) is 0.0239. The fourth-order valence-electron chi connectivity index (χ4n) is 2.56. The number of carbonyl (C=O) groups excluding carboxylic acids is 2. The molecule has 0 N–H and O–H groups in total. The summed E-state index contributed by atoms with van der Waals surface area (Å²) < 4.78 is 15.4. The van der Waals surface area contributed by atoms with Gasteiger partial charge in [0.05, 0.1) is 26.4 Å². The summed E-state index contributed by atoms with van der Waals surface area (Å²) in [6.45, 7) is 3.56. The lowest BCUT2D eigenvalue weighted by atomic mass is 10.1. The first kappa shape index (κ1) is 17.4. The summed E-state index contributed by atoms with van der Waals surface area (Å²) in [5.74, 6) is -0.792. The van der Waals surface area contributed by atoms with Crippen LogP contribution in [0.25, 0.3) is 0 Å². The third-order valence-corrected chi connectivity index (χ3v) is 3.89. The Morgan fingerprint density at radius 2 is 1.91 bits per heavy atom. The van der Waals surface area contributed by atoms with Crippen molar-refractivity contribution in [2.45, 2.75) is 32.1 Å². The van der Waals surface area contributed by atoms with E-state index >= 15 is 0 Å². The van der Waals surface area contributed by atoms with Gasteiger partial charge in [-0.2, -0.15) is 0 Å². The number of methoxy groups -OCH3 is 1. The third kappa shape index (κ3) is 5.04. The van der Waals surface area contributed by atoms with Gasteiger partial charge in [0.1, 0.15) is 6.42 Å². The molecule has 6 heteroatoms. The number of nitrogens with zero attached hydrogens (tertiary/aromatic N) is 1. The van der Waals surface area contributed by atoms with Crippen LogP contribution in [0.3, 0.4) is 0 Å². The molecule has 1 saturated heterocycles. The zero-order valence-corrected chi connectivity index (χ0v) is 13.6. The molecule has 1 fully saturated rings. The summed E-state index contributed by atoms with van der Waals surface area (Å²) in [5.41, 5.74) is 1.01. The SMILES string of the molecule is COC(=O)CC(=O)N(CCC1OCCO1)[C@H](C)c1ccccc1. The molecule has 6 nitrogen and oxygen atoms in total. The Morgan fingerprint density at radius 3 is 2.52 bits per heavy atom. The van der Waals surface area contributed by atoms with Crippen LogP contribution in [0.15, 0.2) is 30.3 Å². The van der Waals surface area contributed by atoms with Gasteiger partial charge >= 0.3 is 5.97 Å². The summed E-state index contributed by atoms with van der Waals surface area (Å²) >= 11 is 0. The maximum atomic E-state index is 12.5. The van der Waals surface area contributed by atoms with Crippen LogP contribution in [-0.4, -0.2) is 49.9 Å². The molecule has 2 rings (SSSR count). The Labute approximate surface area is 136 Å². The van der Waals surface area contributed by atoms with E-state index in [9.17, 15) is 9.59 Å². The van der Waals surface area contributed by atoms with E-state index in [1.165, 1.54) is 7.11 Å². The molecular formula is C17H23NO5. The molecule has 1 amide bonds. The van der Waals surface area contributed by atoms with Crippen LogP contribution in [-0.2, 0) is 23.8 Å². The lowest BCUT2D eigenvalue weighted by molar-refractivity contribution is -0.148. The van der Waals surface area contributed by atoms with Gasteiger partial charge in [0.2, 0.25) is 5.91 Å². The second kappa shape index (κ2) is 8.64. The van der Waals surface area contributed by atoms with Gasteiger partial charge in [-0.25, -0.2) is 0 Å². The molecule has 1 aliphatic heterocycles. The van der Waals surface area contributed by atoms with E-state index < -0.39 is 5.97 Å². The monoisotopic (exact) mass is 321 g/mol. The van der Waals surface area contributed by atoms with Crippen molar-refractivity contribution in [3.05, 3.63) is 35.9 Å². The second-order valence-electron chi connectivity index (χ2n) is 5.39. The van der Waals surface area contributed by atoms with Gasteiger partial charge in [-0.05, 0) is 12.5 Å². The van der Waals surface area contributed by atoms with E-state index in [0.717, 1.165) is 5.56 Å². The van der Waals surface area contributed by atoms with E-state index in [-0.39, 0.29) is 24.7 Å². The van der Waals surface area contributed by atoms with Crippen LogP contribution in [0.1, 0.15) is 31.4 Å². The van der Waals surface area contributed by atoms with E-state index in [0.29, 0.717) is 26.2 Å². The molecule has 0 bridgehead atoms. The maximum absolute atomic E-state index is 12.5. The minimum atomic E-state index is -0.534. The van der Waals surface area contributed by atoms with Crippen molar-refractivity contribution >= 4 is 11.9 Å². The summed E-state index contributed by atoms with van der Waals surface area (Å²) in [6, 6.07) is 9.57. The number of ether oxygens (including phenoxy) is 3. The average Bonchev–Trinajstić information content (AvgIpc) is 3.09. The first-order valence-electron chi connectivity index (χ1n) is 7.76. The van der Waals surface area contributed by atoms with Crippen LogP contribution >= 0.6 is 0 Å². The Balaban J connectivity index is 2.05. The first-order valence-corrected chi connectivity index (χ1v) is 7.76. The van der Waals surface area contributed by atoms with Crippen LogP contribution in [0, 0.1) is 0 Å². The summed E-state index contributed by atoms with van der Waals surface area (Å²) in [4.78, 5) is 25.6. The van der Waals surface area contributed by atoms with E-state index in [2.05, 4.69) is 4.74 Å². The van der Waals surface area contributed by atoms with Crippen molar-refractivity contribution in [2.24, 2.45) is 0 Å². The Kier molecular flexibility index (Phi) is 6.55. The third-order valence-electron chi connectivity index (χ3n) is 3.89. The van der Waals surface area contributed by atoms with Gasteiger partial charge in [-0.3, -0.25) is 9.59 Å². The second-order valence-corrected chi connectivity index (χ2v) is 5.39. The highest BCUT2D eigenvalue weighted by molar-refractivity contribution is 5.94. The zero-order chi connectivity index (χ0) is 16.7. The fraction of sp³-hybridized carbons (Fsp3) is 0.529. The molecule has 1 aromatic rings. The van der Waals surface area contributed by atoms with Crippen molar-refractivity contribution in [1.29, 1.82) is 0 Å². The molecule has 0 saturated carbocycles. The van der Waals surface area contributed by atoms with Gasteiger partial charge in [0, 0.05) is 13.0 Å². The molecule has 1 aliphatic rings. The standard InChI is InChI=1S/C17H23NO5/c1-13(14-6-4-3-5-7-14)18(15(19)12-16(20)21-2)9-8-17-22-10-11-23-17/h3-7,13,17H,8-12H2,1-2H3/t13-/m1/s1. The molecule has 0 unspecified atom stereocenters. The van der Waals surface area contributed by atoms with Crippen molar-refractivity contribution in [3.63, 3.8) is 0 Å². The highest BCUT2D eigenvalue weighted by Gasteiger charge is 2.26. The fourth-order valence-corrected chi connectivity index (χ4v) is 2.56. The topological polar surface area (TPSA) is 65.1 Å². The minimum absolute atomic E-state index is 0.144. The average molecular weight is 321 g/mol. The van der Waals surface area contributed by atoms with Crippen molar-refractivity contribution < 1.29 is 23.8 Å². The van der Waals surface area contributed by atoms with E-state index in [1.54, 1.807) is 4.90 Å². The Hall–Kier alpha value is -1.92. The van der Waals surface area contributed by atoms with Crippen LogP contribution in [0.2, 0.25) is 0 Å². The quantitative estimate of drug-likeness (QED) is 0.567. The Bertz CT molecular complexity index is 513. The van der Waals surface area contributed by atoms with Gasteiger partial charge in [-0.1, -0.05) is 30.3 Å². The highest BCUT2D eigenvalue weighted by Crippen LogP contribution is 2.22. The molecule has 1 atom stereocenters. The number of esters is 1. The number of benzene rings is 1. The molecule has 0 aromatic heterocycles. The van der Waals surface area contributed by atoms with Crippen molar-refractivity contribution in [3.8, 4) is 0 Å². The van der Waals surface area contributed by atoms with Gasteiger partial charge in [0.25, 0.3) is 0 Å². The highest BCUT2D eigenvalue weighted by atomic mass is 16.7. The van der Waals surface area contributed by atoms with E-state index in [1.807, 2.05) is 37.3 Å². The number of hydrogen-bond acceptors (Lipinski definition) is 5. The number of carbonyl (C=O) groups is 2. The van der Waals surface area contributed by atoms with Crippen LogP contribution in [0.5, 0.6) is 0 Å². The van der Waals surface area contributed by atoms with Crippen molar-refractivity contribution in [1.82, 2.24) is 4.90 Å². The van der Waals surface area contributed by atoms with E-state index in [4.69, 9.17) is 9.47 Å². The molecule has 0 spiro atoms. The molecule has 1 aromatic carbocycles.